The van der Waals surface area contributed by atoms with E-state index in [0.29, 0.717) is 17.1 Å². The molecule has 0 heterocycles. The van der Waals surface area contributed by atoms with Gasteiger partial charge in [0.25, 0.3) is 5.91 Å². The SMILES string of the molecule is Cc1ccc(C)c(OCC(=O)Nc2ccccc2NC(=O)CCNC(=O)OC(C)(C)C)c1C. The van der Waals surface area contributed by atoms with E-state index in [1.165, 1.54) is 0 Å². The van der Waals surface area contributed by atoms with Gasteiger partial charge in [-0.1, -0.05) is 24.3 Å². The van der Waals surface area contributed by atoms with Crippen LogP contribution in [0.2, 0.25) is 0 Å². The fraction of sp³-hybridized carbons (Fsp3) is 0.400. The largest absolute Gasteiger partial charge is 0.483 e. The number of ether oxygens (including phenoxy) is 2. The first-order valence-corrected chi connectivity index (χ1v) is 10.8. The zero-order valence-electron chi connectivity index (χ0n) is 20.1. The van der Waals surface area contributed by atoms with Crippen LogP contribution >= 0.6 is 0 Å². The Bertz CT molecular complexity index is 1010. The molecule has 0 aliphatic carbocycles. The molecule has 8 heteroatoms. The highest BCUT2D eigenvalue weighted by Crippen LogP contribution is 2.26. The summed E-state index contributed by atoms with van der Waals surface area (Å²) in [6.07, 6.45) is -0.529. The predicted octanol–water partition coefficient (Wildman–Crippen LogP) is 4.48. The highest BCUT2D eigenvalue weighted by molar-refractivity contribution is 6.00. The number of para-hydroxylation sites is 2. The van der Waals surface area contributed by atoms with Crippen LogP contribution in [-0.2, 0) is 14.3 Å². The molecule has 3 amide bonds. The summed E-state index contributed by atoms with van der Waals surface area (Å²) in [6.45, 7) is 11.1. The first-order chi connectivity index (χ1) is 15.5. The van der Waals surface area contributed by atoms with E-state index in [1.807, 2.05) is 32.9 Å². The highest BCUT2D eigenvalue weighted by Gasteiger charge is 2.16. The van der Waals surface area contributed by atoms with E-state index in [-0.39, 0.29) is 31.4 Å². The van der Waals surface area contributed by atoms with E-state index in [0.717, 1.165) is 16.7 Å². The molecule has 33 heavy (non-hydrogen) atoms. The quantitative estimate of drug-likeness (QED) is 0.544. The van der Waals surface area contributed by atoms with Crippen molar-refractivity contribution in [3.8, 4) is 5.75 Å². The summed E-state index contributed by atoms with van der Waals surface area (Å²) in [5.41, 5.74) is 3.34. The zero-order chi connectivity index (χ0) is 24.6. The van der Waals surface area contributed by atoms with Gasteiger partial charge in [0.2, 0.25) is 5.91 Å². The Morgan fingerprint density at radius 3 is 2.03 bits per heavy atom. The lowest BCUT2D eigenvalue weighted by atomic mass is 10.1. The van der Waals surface area contributed by atoms with Crippen LogP contribution in [-0.4, -0.2) is 36.7 Å². The molecular formula is C25H33N3O5. The molecule has 178 valence electrons. The number of hydrogen-bond acceptors (Lipinski definition) is 5. The van der Waals surface area contributed by atoms with Crippen LogP contribution in [0.15, 0.2) is 36.4 Å². The molecule has 0 aromatic heterocycles. The van der Waals surface area contributed by atoms with Crippen LogP contribution in [0.25, 0.3) is 0 Å². The number of hydrogen-bond donors (Lipinski definition) is 3. The van der Waals surface area contributed by atoms with Crippen molar-refractivity contribution in [3.05, 3.63) is 53.1 Å². The number of alkyl carbamates (subject to hydrolysis) is 1. The lowest BCUT2D eigenvalue weighted by Gasteiger charge is -2.19. The standard InChI is InChI=1S/C25H33N3O5/c1-16-11-12-17(2)23(18(16)3)32-15-22(30)28-20-10-8-7-9-19(20)27-21(29)13-14-26-24(31)33-25(4,5)6/h7-12H,13-15H2,1-6H3,(H,26,31)(H,27,29)(H,28,30). The monoisotopic (exact) mass is 455 g/mol. The maximum Gasteiger partial charge on any atom is 0.407 e. The van der Waals surface area contributed by atoms with Gasteiger partial charge in [-0.25, -0.2) is 4.79 Å². The fourth-order valence-electron chi connectivity index (χ4n) is 2.98. The molecule has 0 fully saturated rings. The van der Waals surface area contributed by atoms with Crippen molar-refractivity contribution in [2.24, 2.45) is 0 Å². The Morgan fingerprint density at radius 1 is 0.848 bits per heavy atom. The van der Waals surface area contributed by atoms with Crippen LogP contribution in [0, 0.1) is 20.8 Å². The second-order valence-corrected chi connectivity index (χ2v) is 8.76. The summed E-state index contributed by atoms with van der Waals surface area (Å²) in [6, 6.07) is 10.9. The molecule has 0 bridgehead atoms. The van der Waals surface area contributed by atoms with Gasteiger partial charge in [0.15, 0.2) is 6.61 Å². The Balaban J connectivity index is 1.89. The van der Waals surface area contributed by atoms with E-state index in [9.17, 15) is 14.4 Å². The minimum absolute atomic E-state index is 0.0521. The van der Waals surface area contributed by atoms with Gasteiger partial charge in [-0.2, -0.15) is 0 Å². The van der Waals surface area contributed by atoms with Gasteiger partial charge in [-0.05, 0) is 70.4 Å². The third kappa shape index (κ3) is 8.48. The number of nitrogens with one attached hydrogen (secondary N) is 3. The van der Waals surface area contributed by atoms with Gasteiger partial charge in [-0.15, -0.1) is 0 Å². The summed E-state index contributed by atoms with van der Waals surface area (Å²) >= 11 is 0. The zero-order valence-corrected chi connectivity index (χ0v) is 20.1. The number of carbonyl (C=O) groups is 3. The topological polar surface area (TPSA) is 106 Å². The molecular weight excluding hydrogens is 422 g/mol. The number of aryl methyl sites for hydroxylation is 2. The van der Waals surface area contributed by atoms with Gasteiger partial charge in [0.05, 0.1) is 11.4 Å². The van der Waals surface area contributed by atoms with Gasteiger partial charge in [0, 0.05) is 13.0 Å². The molecule has 3 N–H and O–H groups in total. The Morgan fingerprint density at radius 2 is 1.42 bits per heavy atom. The summed E-state index contributed by atoms with van der Waals surface area (Å²) in [4.78, 5) is 36.5. The van der Waals surface area contributed by atoms with E-state index >= 15 is 0 Å². The van der Waals surface area contributed by atoms with E-state index < -0.39 is 11.7 Å². The molecule has 0 saturated carbocycles. The number of carbonyl (C=O) groups excluding carboxylic acids is 3. The van der Waals surface area contributed by atoms with Crippen molar-refractivity contribution >= 4 is 29.3 Å². The molecule has 0 radical (unpaired) electrons. The number of benzene rings is 2. The Kier molecular flexibility index (Phi) is 8.85. The fourth-order valence-corrected chi connectivity index (χ4v) is 2.98. The summed E-state index contributed by atoms with van der Waals surface area (Å²) < 4.78 is 10.9. The molecule has 2 aromatic rings. The van der Waals surface area contributed by atoms with Crippen LogP contribution in [0.1, 0.15) is 43.9 Å². The average Bonchev–Trinajstić information content (AvgIpc) is 2.71. The van der Waals surface area contributed by atoms with Crippen molar-refractivity contribution < 1.29 is 23.9 Å². The molecule has 2 rings (SSSR count). The minimum atomic E-state index is -0.607. The van der Waals surface area contributed by atoms with Gasteiger partial charge in [0.1, 0.15) is 11.4 Å². The van der Waals surface area contributed by atoms with Crippen LogP contribution in [0.5, 0.6) is 5.75 Å². The Hall–Kier alpha value is -3.55. The van der Waals surface area contributed by atoms with E-state index in [4.69, 9.17) is 9.47 Å². The molecule has 0 aliphatic heterocycles. The van der Waals surface area contributed by atoms with Crippen molar-refractivity contribution in [1.29, 1.82) is 0 Å². The summed E-state index contributed by atoms with van der Waals surface area (Å²) in [7, 11) is 0. The van der Waals surface area contributed by atoms with Crippen molar-refractivity contribution in [1.82, 2.24) is 5.32 Å². The maximum atomic E-state index is 12.5. The number of anilines is 2. The second-order valence-electron chi connectivity index (χ2n) is 8.76. The third-order valence-electron chi connectivity index (χ3n) is 4.72. The molecule has 0 unspecified atom stereocenters. The lowest BCUT2D eigenvalue weighted by molar-refractivity contribution is -0.118. The predicted molar refractivity (Wildman–Crippen MR) is 129 cm³/mol. The van der Waals surface area contributed by atoms with E-state index in [1.54, 1.807) is 45.0 Å². The van der Waals surface area contributed by atoms with Gasteiger partial charge < -0.3 is 25.4 Å². The molecule has 2 aromatic carbocycles. The molecule has 0 aliphatic rings. The van der Waals surface area contributed by atoms with E-state index in [2.05, 4.69) is 16.0 Å². The number of rotatable bonds is 8. The highest BCUT2D eigenvalue weighted by atomic mass is 16.6. The number of amides is 3. The van der Waals surface area contributed by atoms with Crippen LogP contribution in [0.3, 0.4) is 0 Å². The van der Waals surface area contributed by atoms with Crippen molar-refractivity contribution in [3.63, 3.8) is 0 Å². The van der Waals surface area contributed by atoms with Gasteiger partial charge >= 0.3 is 6.09 Å². The van der Waals surface area contributed by atoms with Crippen LogP contribution in [0.4, 0.5) is 16.2 Å². The average molecular weight is 456 g/mol. The summed E-state index contributed by atoms with van der Waals surface area (Å²) in [5.74, 6) is 0.0443. The normalized spacial score (nSPS) is 10.8. The third-order valence-corrected chi connectivity index (χ3v) is 4.72. The molecule has 0 atom stereocenters. The Labute approximate surface area is 195 Å². The lowest BCUT2D eigenvalue weighted by Crippen LogP contribution is -2.34. The van der Waals surface area contributed by atoms with Gasteiger partial charge in [-0.3, -0.25) is 9.59 Å². The molecule has 8 nitrogen and oxygen atoms in total. The first kappa shape index (κ1) is 25.7. The van der Waals surface area contributed by atoms with Crippen LogP contribution < -0.4 is 20.7 Å². The first-order valence-electron chi connectivity index (χ1n) is 10.8. The second kappa shape index (κ2) is 11.4. The minimum Gasteiger partial charge on any atom is -0.483 e. The van der Waals surface area contributed by atoms with Crippen molar-refractivity contribution in [2.45, 2.75) is 53.6 Å². The molecule has 0 saturated heterocycles. The maximum absolute atomic E-state index is 12.5. The van der Waals surface area contributed by atoms with Crippen molar-refractivity contribution in [2.75, 3.05) is 23.8 Å². The smallest absolute Gasteiger partial charge is 0.407 e. The molecule has 0 spiro atoms. The summed E-state index contributed by atoms with van der Waals surface area (Å²) in [5, 5.41) is 8.06.